The Morgan fingerprint density at radius 3 is 2.89 bits per heavy atom. The lowest BCUT2D eigenvalue weighted by Gasteiger charge is -2.00. The molecule has 27 heavy (non-hydrogen) atoms. The van der Waals surface area contributed by atoms with Crippen molar-refractivity contribution in [2.45, 2.75) is 5.22 Å². The second-order valence-corrected chi connectivity index (χ2v) is 7.23. The number of aromatic nitrogens is 2. The smallest absolute Gasteiger partial charge is 0.257 e. The van der Waals surface area contributed by atoms with Crippen LogP contribution in [0.1, 0.15) is 0 Å². The first kappa shape index (κ1) is 17.6. The lowest BCUT2D eigenvalue weighted by Crippen LogP contribution is -2.13. The Morgan fingerprint density at radius 2 is 2.04 bits per heavy atom. The molecule has 0 saturated heterocycles. The van der Waals surface area contributed by atoms with Gasteiger partial charge in [0.05, 0.1) is 11.4 Å². The van der Waals surface area contributed by atoms with Crippen molar-refractivity contribution >= 4 is 45.2 Å². The van der Waals surface area contributed by atoms with Crippen LogP contribution in [0.2, 0.25) is 0 Å². The summed E-state index contributed by atoms with van der Waals surface area (Å²) in [6.07, 6.45) is 0. The van der Waals surface area contributed by atoms with Crippen LogP contribution in [-0.2, 0) is 4.79 Å². The molecule has 4 rings (SSSR count). The molecule has 2 heterocycles. The lowest BCUT2D eigenvalue weighted by atomic mass is 10.1. The van der Waals surface area contributed by atoms with Gasteiger partial charge in [-0.05, 0) is 30.3 Å². The number of fused-ring (bicyclic) bond motifs is 1. The second-order valence-electron chi connectivity index (χ2n) is 5.45. The summed E-state index contributed by atoms with van der Waals surface area (Å²) in [5.74, 6) is -1.36. The van der Waals surface area contributed by atoms with Gasteiger partial charge in [-0.3, -0.25) is 4.79 Å². The first-order valence-corrected chi connectivity index (χ1v) is 9.64. The van der Waals surface area contributed by atoms with Crippen LogP contribution in [0, 0.1) is 11.6 Å². The number of benzene rings is 2. The van der Waals surface area contributed by atoms with E-state index < -0.39 is 11.6 Å². The molecule has 0 fully saturated rings. The van der Waals surface area contributed by atoms with Gasteiger partial charge in [-0.1, -0.05) is 23.9 Å². The van der Waals surface area contributed by atoms with Gasteiger partial charge in [0.15, 0.2) is 10.7 Å². The van der Waals surface area contributed by atoms with E-state index in [4.69, 9.17) is 4.42 Å². The number of carbonyl (C=O) groups is 1. The number of oxazole rings is 1. The van der Waals surface area contributed by atoms with E-state index in [1.807, 2.05) is 18.2 Å². The molecule has 136 valence electrons. The summed E-state index contributed by atoms with van der Waals surface area (Å²) < 4.78 is 32.7. The average Bonchev–Trinajstić information content (AvgIpc) is 3.28. The molecule has 0 unspecified atom stereocenters. The van der Waals surface area contributed by atoms with Crippen LogP contribution in [0.25, 0.3) is 22.4 Å². The van der Waals surface area contributed by atoms with Gasteiger partial charge in [-0.2, -0.15) is 0 Å². The normalized spacial score (nSPS) is 11.0. The molecule has 1 amide bonds. The predicted octanol–water partition coefficient (Wildman–Crippen LogP) is 4.96. The Hall–Kier alpha value is -2.78. The summed E-state index contributed by atoms with van der Waals surface area (Å²) in [4.78, 5) is 20.5. The molecule has 2 aromatic carbocycles. The van der Waals surface area contributed by atoms with Gasteiger partial charge in [0, 0.05) is 10.9 Å². The highest BCUT2D eigenvalue weighted by Crippen LogP contribution is 2.28. The monoisotopic (exact) mass is 403 g/mol. The Balaban J connectivity index is 1.40. The molecule has 9 heteroatoms. The summed E-state index contributed by atoms with van der Waals surface area (Å²) in [5, 5.41) is 4.89. The molecule has 2 aromatic heterocycles. The molecule has 0 saturated carbocycles. The number of rotatable bonds is 5. The van der Waals surface area contributed by atoms with Crippen LogP contribution in [0.3, 0.4) is 0 Å². The highest BCUT2D eigenvalue weighted by Gasteiger charge is 2.13. The zero-order valence-electron chi connectivity index (χ0n) is 13.6. The minimum Gasteiger partial charge on any atom is -0.431 e. The van der Waals surface area contributed by atoms with Crippen molar-refractivity contribution in [3.63, 3.8) is 0 Å². The maximum atomic E-state index is 13.8. The van der Waals surface area contributed by atoms with Crippen LogP contribution >= 0.6 is 23.1 Å². The first-order valence-electron chi connectivity index (χ1n) is 7.78. The van der Waals surface area contributed by atoms with Gasteiger partial charge in [0.25, 0.3) is 5.22 Å². The highest BCUT2D eigenvalue weighted by atomic mass is 32.2. The topological polar surface area (TPSA) is 68.0 Å². The number of thioether (sulfide) groups is 1. The van der Waals surface area contributed by atoms with E-state index in [9.17, 15) is 13.6 Å². The minimum atomic E-state index is -0.578. The molecule has 0 aliphatic heterocycles. The maximum Gasteiger partial charge on any atom is 0.257 e. The van der Waals surface area contributed by atoms with Crippen molar-refractivity contribution in [2.24, 2.45) is 0 Å². The largest absolute Gasteiger partial charge is 0.431 e. The van der Waals surface area contributed by atoms with E-state index in [-0.39, 0.29) is 22.9 Å². The van der Waals surface area contributed by atoms with Crippen molar-refractivity contribution < 1.29 is 18.0 Å². The molecule has 5 nitrogen and oxygen atoms in total. The number of anilines is 1. The van der Waals surface area contributed by atoms with E-state index in [1.165, 1.54) is 0 Å². The fourth-order valence-electron chi connectivity index (χ4n) is 2.34. The molecule has 0 atom stereocenters. The van der Waals surface area contributed by atoms with E-state index >= 15 is 0 Å². The molecular formula is C18H11F2N3O2S2. The van der Waals surface area contributed by atoms with Gasteiger partial charge in [-0.25, -0.2) is 18.7 Å². The van der Waals surface area contributed by atoms with Gasteiger partial charge in [0.1, 0.15) is 17.2 Å². The van der Waals surface area contributed by atoms with Crippen molar-refractivity contribution in [3.05, 3.63) is 59.5 Å². The Morgan fingerprint density at radius 1 is 1.19 bits per heavy atom. The van der Waals surface area contributed by atoms with Crippen LogP contribution in [0.4, 0.5) is 13.9 Å². The molecule has 0 bridgehead atoms. The molecule has 4 aromatic rings. The number of thiazole rings is 1. The maximum absolute atomic E-state index is 13.8. The summed E-state index contributed by atoms with van der Waals surface area (Å²) in [5.41, 5.74) is 1.69. The molecule has 0 aliphatic carbocycles. The van der Waals surface area contributed by atoms with Gasteiger partial charge < -0.3 is 9.73 Å². The van der Waals surface area contributed by atoms with Gasteiger partial charge >= 0.3 is 0 Å². The fraction of sp³-hybridized carbons (Fsp3) is 0.0556. The minimum absolute atomic E-state index is 0.0487. The van der Waals surface area contributed by atoms with Gasteiger partial charge in [-0.15, -0.1) is 11.3 Å². The van der Waals surface area contributed by atoms with Crippen LogP contribution in [0.5, 0.6) is 0 Å². The summed E-state index contributed by atoms with van der Waals surface area (Å²) >= 11 is 2.29. The van der Waals surface area contributed by atoms with Crippen LogP contribution in [-0.4, -0.2) is 21.6 Å². The van der Waals surface area contributed by atoms with Crippen LogP contribution in [0.15, 0.2) is 57.5 Å². The van der Waals surface area contributed by atoms with Crippen molar-refractivity contribution in [1.29, 1.82) is 0 Å². The fourth-order valence-corrected chi connectivity index (χ4v) is 3.71. The lowest BCUT2D eigenvalue weighted by molar-refractivity contribution is -0.113. The summed E-state index contributed by atoms with van der Waals surface area (Å²) in [6.45, 7) is 0. The third-order valence-electron chi connectivity index (χ3n) is 3.56. The SMILES string of the molecule is O=C(CSc1nc2ccccc2o1)Nc1nc(-c2cc(F)ccc2F)cs1. The Kier molecular flexibility index (Phi) is 4.87. The van der Waals surface area contributed by atoms with Crippen molar-refractivity contribution in [3.8, 4) is 11.3 Å². The zero-order valence-corrected chi connectivity index (χ0v) is 15.2. The molecule has 1 N–H and O–H groups in total. The van der Waals surface area contributed by atoms with E-state index in [1.54, 1.807) is 11.4 Å². The number of nitrogens with one attached hydrogen (secondary N) is 1. The van der Waals surface area contributed by atoms with Crippen molar-refractivity contribution in [2.75, 3.05) is 11.1 Å². The zero-order chi connectivity index (χ0) is 18.8. The number of nitrogens with zero attached hydrogens (tertiary/aromatic N) is 2. The number of hydrogen-bond acceptors (Lipinski definition) is 6. The van der Waals surface area contributed by atoms with E-state index in [2.05, 4.69) is 15.3 Å². The third-order valence-corrected chi connectivity index (χ3v) is 5.14. The van der Waals surface area contributed by atoms with Gasteiger partial charge in [0.2, 0.25) is 5.91 Å². The Labute approximate surface area is 160 Å². The molecule has 0 spiro atoms. The molecule has 0 aliphatic rings. The molecular weight excluding hydrogens is 392 g/mol. The molecule has 0 radical (unpaired) electrons. The van der Waals surface area contributed by atoms with Crippen molar-refractivity contribution in [1.82, 2.24) is 9.97 Å². The van der Waals surface area contributed by atoms with Crippen LogP contribution < -0.4 is 5.32 Å². The van der Waals surface area contributed by atoms with E-state index in [0.29, 0.717) is 15.9 Å². The number of carbonyl (C=O) groups excluding carboxylic acids is 1. The number of para-hydroxylation sites is 2. The first-order chi connectivity index (χ1) is 13.1. The standard InChI is InChI=1S/C18H11F2N3O2S2/c19-10-5-6-12(20)11(7-10)14-8-26-17(21-14)23-16(24)9-27-18-22-13-3-1-2-4-15(13)25-18/h1-8H,9H2,(H,21,23,24). The number of halogens is 2. The highest BCUT2D eigenvalue weighted by molar-refractivity contribution is 7.99. The quantitative estimate of drug-likeness (QED) is 0.477. The predicted molar refractivity (Wildman–Crippen MR) is 101 cm³/mol. The third kappa shape index (κ3) is 3.99. The number of hydrogen-bond donors (Lipinski definition) is 1. The second kappa shape index (κ2) is 7.45. The number of amides is 1. The summed E-state index contributed by atoms with van der Waals surface area (Å²) in [7, 11) is 0. The van der Waals surface area contributed by atoms with E-state index in [0.717, 1.165) is 46.8 Å². The average molecular weight is 403 g/mol. The Bertz CT molecular complexity index is 1090. The summed E-state index contributed by atoms with van der Waals surface area (Å²) in [6, 6.07) is 10.5.